The standard InChI is InChI=1S/C18H24N4OS/c1-14(2)12-19-17(23)21-8-10-22(11-9-21)18-20-16(13-24-18)15-6-4-3-5-7-15/h3-7,13-14H,8-12H2,1-2H3,(H,19,23). The van der Waals surface area contributed by atoms with Crippen LogP contribution in [0, 0.1) is 5.92 Å². The minimum absolute atomic E-state index is 0.0486. The highest BCUT2D eigenvalue weighted by molar-refractivity contribution is 7.14. The van der Waals surface area contributed by atoms with Gasteiger partial charge in [0.2, 0.25) is 0 Å². The van der Waals surface area contributed by atoms with Crippen molar-refractivity contribution in [3.8, 4) is 11.3 Å². The fourth-order valence-corrected chi connectivity index (χ4v) is 3.54. The summed E-state index contributed by atoms with van der Waals surface area (Å²) in [5, 5.41) is 6.13. The van der Waals surface area contributed by atoms with Crippen molar-refractivity contribution < 1.29 is 4.79 Å². The number of nitrogens with one attached hydrogen (secondary N) is 1. The quantitative estimate of drug-likeness (QED) is 0.926. The molecule has 2 amide bonds. The van der Waals surface area contributed by atoms with Gasteiger partial charge >= 0.3 is 6.03 Å². The van der Waals surface area contributed by atoms with Crippen molar-refractivity contribution in [2.24, 2.45) is 5.92 Å². The normalized spacial score (nSPS) is 15.0. The first-order valence-corrected chi connectivity index (χ1v) is 9.30. The number of benzene rings is 1. The van der Waals surface area contributed by atoms with Gasteiger partial charge in [0, 0.05) is 43.7 Å². The molecule has 1 aromatic heterocycles. The summed E-state index contributed by atoms with van der Waals surface area (Å²) in [7, 11) is 0. The first kappa shape index (κ1) is 16.8. The highest BCUT2D eigenvalue weighted by Crippen LogP contribution is 2.27. The maximum absolute atomic E-state index is 12.1. The molecule has 0 bridgehead atoms. The maximum atomic E-state index is 12.1. The van der Waals surface area contributed by atoms with Gasteiger partial charge in [-0.25, -0.2) is 9.78 Å². The first-order chi connectivity index (χ1) is 11.6. The van der Waals surface area contributed by atoms with Gasteiger partial charge < -0.3 is 15.1 Å². The fraction of sp³-hybridized carbons (Fsp3) is 0.444. The van der Waals surface area contributed by atoms with Crippen LogP contribution in [0.1, 0.15) is 13.8 Å². The zero-order chi connectivity index (χ0) is 16.9. The average Bonchev–Trinajstić information content (AvgIpc) is 3.10. The Morgan fingerprint density at radius 2 is 1.92 bits per heavy atom. The van der Waals surface area contributed by atoms with Gasteiger partial charge in [-0.15, -0.1) is 11.3 Å². The SMILES string of the molecule is CC(C)CNC(=O)N1CCN(c2nc(-c3ccccc3)cs2)CC1. The Morgan fingerprint density at radius 1 is 1.21 bits per heavy atom. The van der Waals surface area contributed by atoms with Gasteiger partial charge in [0.1, 0.15) is 0 Å². The number of hydrogen-bond donors (Lipinski definition) is 1. The Hall–Kier alpha value is -2.08. The number of piperazine rings is 1. The van der Waals surface area contributed by atoms with Crippen LogP contribution in [0.15, 0.2) is 35.7 Å². The lowest BCUT2D eigenvalue weighted by molar-refractivity contribution is 0.193. The van der Waals surface area contributed by atoms with Crippen LogP contribution in [0.2, 0.25) is 0 Å². The molecule has 0 unspecified atom stereocenters. The fourth-order valence-electron chi connectivity index (χ4n) is 2.66. The molecule has 0 atom stereocenters. The van der Waals surface area contributed by atoms with E-state index in [1.165, 1.54) is 0 Å². The van der Waals surface area contributed by atoms with E-state index in [1.54, 1.807) is 11.3 Å². The Balaban J connectivity index is 1.55. The van der Waals surface area contributed by atoms with Crippen LogP contribution in [0.4, 0.5) is 9.93 Å². The molecule has 0 aliphatic carbocycles. The molecule has 0 saturated carbocycles. The second kappa shape index (κ2) is 7.66. The summed E-state index contributed by atoms with van der Waals surface area (Å²) >= 11 is 1.67. The van der Waals surface area contributed by atoms with Crippen LogP contribution in [-0.4, -0.2) is 48.6 Å². The molecular weight excluding hydrogens is 320 g/mol. The second-order valence-electron chi connectivity index (χ2n) is 6.44. The second-order valence-corrected chi connectivity index (χ2v) is 7.27. The molecule has 1 aliphatic heterocycles. The smallest absolute Gasteiger partial charge is 0.317 e. The summed E-state index contributed by atoms with van der Waals surface area (Å²) in [6.45, 7) is 8.07. The van der Waals surface area contributed by atoms with Crippen molar-refractivity contribution in [2.75, 3.05) is 37.6 Å². The molecule has 5 nitrogen and oxygen atoms in total. The lowest BCUT2D eigenvalue weighted by Crippen LogP contribution is -2.52. The van der Waals surface area contributed by atoms with Gasteiger partial charge in [-0.3, -0.25) is 0 Å². The summed E-state index contributed by atoms with van der Waals surface area (Å²) in [6, 6.07) is 10.3. The van der Waals surface area contributed by atoms with Crippen LogP contribution in [0.5, 0.6) is 0 Å². The zero-order valence-corrected chi connectivity index (χ0v) is 15.1. The lowest BCUT2D eigenvalue weighted by Gasteiger charge is -2.34. The number of rotatable bonds is 4. The third kappa shape index (κ3) is 4.06. The minimum Gasteiger partial charge on any atom is -0.345 e. The Kier molecular flexibility index (Phi) is 5.35. The summed E-state index contributed by atoms with van der Waals surface area (Å²) in [4.78, 5) is 21.0. The monoisotopic (exact) mass is 344 g/mol. The van der Waals surface area contributed by atoms with Gasteiger partial charge in [-0.2, -0.15) is 0 Å². The van der Waals surface area contributed by atoms with Gasteiger partial charge in [-0.1, -0.05) is 44.2 Å². The predicted octanol–water partition coefficient (Wildman–Crippen LogP) is 3.30. The van der Waals surface area contributed by atoms with E-state index >= 15 is 0 Å². The molecule has 0 spiro atoms. The van der Waals surface area contributed by atoms with Crippen molar-refractivity contribution >= 4 is 22.5 Å². The van der Waals surface area contributed by atoms with E-state index < -0.39 is 0 Å². The van der Waals surface area contributed by atoms with E-state index in [0.717, 1.165) is 49.1 Å². The molecule has 0 radical (unpaired) electrons. The van der Waals surface area contributed by atoms with Crippen molar-refractivity contribution in [1.82, 2.24) is 15.2 Å². The molecule has 1 aliphatic rings. The minimum atomic E-state index is 0.0486. The van der Waals surface area contributed by atoms with Crippen LogP contribution in [-0.2, 0) is 0 Å². The van der Waals surface area contributed by atoms with E-state index in [0.29, 0.717) is 5.92 Å². The van der Waals surface area contributed by atoms with Gasteiger partial charge in [-0.05, 0) is 5.92 Å². The number of urea groups is 1. The molecule has 2 heterocycles. The first-order valence-electron chi connectivity index (χ1n) is 8.42. The Morgan fingerprint density at radius 3 is 2.58 bits per heavy atom. The molecule has 3 rings (SSSR count). The molecule has 1 fully saturated rings. The van der Waals surface area contributed by atoms with Gasteiger partial charge in [0.05, 0.1) is 5.69 Å². The number of carbonyl (C=O) groups is 1. The topological polar surface area (TPSA) is 48.5 Å². The lowest BCUT2D eigenvalue weighted by atomic mass is 10.2. The third-order valence-electron chi connectivity index (χ3n) is 4.06. The number of amides is 2. The molecule has 1 N–H and O–H groups in total. The summed E-state index contributed by atoms with van der Waals surface area (Å²) in [5.74, 6) is 0.474. The number of nitrogens with zero attached hydrogens (tertiary/aromatic N) is 3. The number of hydrogen-bond acceptors (Lipinski definition) is 4. The van der Waals surface area contributed by atoms with Gasteiger partial charge in [0.15, 0.2) is 5.13 Å². The highest BCUT2D eigenvalue weighted by atomic mass is 32.1. The van der Waals surface area contributed by atoms with Crippen LogP contribution in [0.3, 0.4) is 0 Å². The van der Waals surface area contributed by atoms with E-state index in [9.17, 15) is 4.79 Å². The van der Waals surface area contributed by atoms with Crippen molar-refractivity contribution in [2.45, 2.75) is 13.8 Å². The molecule has 2 aromatic rings. The average molecular weight is 344 g/mol. The van der Waals surface area contributed by atoms with Crippen LogP contribution in [0.25, 0.3) is 11.3 Å². The van der Waals surface area contributed by atoms with E-state index in [1.807, 2.05) is 23.1 Å². The molecule has 6 heteroatoms. The Bertz CT molecular complexity index is 663. The van der Waals surface area contributed by atoms with E-state index in [-0.39, 0.29) is 6.03 Å². The van der Waals surface area contributed by atoms with Crippen molar-refractivity contribution in [1.29, 1.82) is 0 Å². The van der Waals surface area contributed by atoms with E-state index in [4.69, 9.17) is 4.98 Å². The predicted molar refractivity (Wildman–Crippen MR) is 99.6 cm³/mol. The van der Waals surface area contributed by atoms with E-state index in [2.05, 4.69) is 41.6 Å². The number of anilines is 1. The number of carbonyl (C=O) groups excluding carboxylic acids is 1. The highest BCUT2D eigenvalue weighted by Gasteiger charge is 2.22. The summed E-state index contributed by atoms with van der Waals surface area (Å²) in [5.41, 5.74) is 2.17. The number of aromatic nitrogens is 1. The van der Waals surface area contributed by atoms with Gasteiger partial charge in [0.25, 0.3) is 0 Å². The molecular formula is C18H24N4OS. The maximum Gasteiger partial charge on any atom is 0.317 e. The molecule has 128 valence electrons. The summed E-state index contributed by atoms with van der Waals surface area (Å²) in [6.07, 6.45) is 0. The van der Waals surface area contributed by atoms with Crippen molar-refractivity contribution in [3.63, 3.8) is 0 Å². The number of thiazole rings is 1. The molecule has 1 aromatic carbocycles. The Labute approximate surface area is 147 Å². The molecule has 1 saturated heterocycles. The third-order valence-corrected chi connectivity index (χ3v) is 4.96. The zero-order valence-electron chi connectivity index (χ0n) is 14.2. The van der Waals surface area contributed by atoms with Crippen molar-refractivity contribution in [3.05, 3.63) is 35.7 Å². The molecule has 24 heavy (non-hydrogen) atoms. The summed E-state index contributed by atoms with van der Waals surface area (Å²) < 4.78 is 0. The largest absolute Gasteiger partial charge is 0.345 e. The van der Waals surface area contributed by atoms with Crippen LogP contribution < -0.4 is 10.2 Å². The van der Waals surface area contributed by atoms with Crippen LogP contribution >= 0.6 is 11.3 Å².